The number of hydrogen-bond donors (Lipinski definition) is 2. The zero-order valence-electron chi connectivity index (χ0n) is 11.2. The molecule has 0 radical (unpaired) electrons. The maximum absolute atomic E-state index is 12.0. The van der Waals surface area contributed by atoms with Crippen LogP contribution in [0.2, 0.25) is 0 Å². The predicted octanol–water partition coefficient (Wildman–Crippen LogP) is 2.55. The Labute approximate surface area is 121 Å². The number of anilines is 1. The van der Waals surface area contributed by atoms with Gasteiger partial charge in [-0.25, -0.2) is 0 Å². The first-order chi connectivity index (χ1) is 9.31. The summed E-state index contributed by atoms with van der Waals surface area (Å²) in [5, 5.41) is 10.6. The Balaban J connectivity index is 2.73. The van der Waals surface area contributed by atoms with Crippen LogP contribution in [0, 0.1) is 5.92 Å². The van der Waals surface area contributed by atoms with Gasteiger partial charge in [-0.05, 0) is 31.2 Å². The summed E-state index contributed by atoms with van der Waals surface area (Å²) in [6, 6.07) is 6.26. The number of rotatable bonds is 6. The normalized spacial score (nSPS) is 13.3. The van der Waals surface area contributed by atoms with Gasteiger partial charge >= 0.3 is 5.97 Å². The lowest BCUT2D eigenvalue weighted by atomic mass is 9.96. The van der Waals surface area contributed by atoms with E-state index in [1.54, 1.807) is 38.1 Å². The highest BCUT2D eigenvalue weighted by Crippen LogP contribution is 2.16. The number of carboxylic acids is 1. The largest absolute Gasteiger partial charge is 0.481 e. The number of carbonyl (C=O) groups excluding carboxylic acids is 2. The van der Waals surface area contributed by atoms with Gasteiger partial charge in [0.25, 0.3) is 0 Å². The van der Waals surface area contributed by atoms with Crippen LogP contribution in [0.1, 0.15) is 30.6 Å². The molecule has 2 atom stereocenters. The highest BCUT2D eigenvalue weighted by Gasteiger charge is 2.18. The molecule has 0 saturated carbocycles. The second kappa shape index (κ2) is 7.05. The molecule has 1 rings (SSSR count). The lowest BCUT2D eigenvalue weighted by molar-refractivity contribution is -0.137. The molecule has 0 fully saturated rings. The number of halogens is 1. The SMILES string of the molecule is C[C@H](Cl)C(=O)Nc1ccc(C(=O)[C@H](C)CC(=O)O)cc1. The minimum Gasteiger partial charge on any atom is -0.481 e. The van der Waals surface area contributed by atoms with E-state index in [-0.39, 0.29) is 18.1 Å². The second-order valence-electron chi connectivity index (χ2n) is 4.55. The quantitative estimate of drug-likeness (QED) is 0.624. The molecule has 0 aliphatic heterocycles. The van der Waals surface area contributed by atoms with Gasteiger partial charge in [-0.3, -0.25) is 14.4 Å². The van der Waals surface area contributed by atoms with E-state index in [2.05, 4.69) is 5.32 Å². The van der Waals surface area contributed by atoms with Crippen molar-refractivity contribution in [3.8, 4) is 0 Å². The molecule has 0 aromatic heterocycles. The number of hydrogen-bond acceptors (Lipinski definition) is 3. The molecular formula is C14H16ClNO4. The minimum absolute atomic E-state index is 0.207. The van der Waals surface area contributed by atoms with Gasteiger partial charge in [0, 0.05) is 17.2 Å². The lowest BCUT2D eigenvalue weighted by Gasteiger charge is -2.09. The highest BCUT2D eigenvalue weighted by atomic mass is 35.5. The lowest BCUT2D eigenvalue weighted by Crippen LogP contribution is -2.20. The zero-order valence-corrected chi connectivity index (χ0v) is 12.0. The third kappa shape index (κ3) is 4.66. The van der Waals surface area contributed by atoms with Crippen molar-refractivity contribution >= 4 is 34.9 Å². The molecule has 108 valence electrons. The highest BCUT2D eigenvalue weighted by molar-refractivity contribution is 6.32. The average Bonchev–Trinajstić information content (AvgIpc) is 2.37. The summed E-state index contributed by atoms with van der Waals surface area (Å²) in [5.41, 5.74) is 0.945. The van der Waals surface area contributed by atoms with Gasteiger partial charge in [-0.1, -0.05) is 6.92 Å². The Bertz CT molecular complexity index is 510. The number of carbonyl (C=O) groups is 3. The summed E-state index contributed by atoms with van der Waals surface area (Å²) in [4.78, 5) is 33.9. The summed E-state index contributed by atoms with van der Waals surface area (Å²) in [6.07, 6.45) is -0.207. The number of aliphatic carboxylic acids is 1. The van der Waals surface area contributed by atoms with Crippen LogP contribution in [0.3, 0.4) is 0 Å². The molecule has 2 N–H and O–H groups in total. The Morgan fingerprint density at radius 2 is 1.75 bits per heavy atom. The van der Waals surface area contributed by atoms with Crippen LogP contribution >= 0.6 is 11.6 Å². The van der Waals surface area contributed by atoms with Crippen molar-refractivity contribution in [3.05, 3.63) is 29.8 Å². The fraction of sp³-hybridized carbons (Fsp3) is 0.357. The molecular weight excluding hydrogens is 282 g/mol. The van der Waals surface area contributed by atoms with Crippen molar-refractivity contribution in [2.75, 3.05) is 5.32 Å². The summed E-state index contributed by atoms with van der Waals surface area (Å²) >= 11 is 5.63. The third-order valence-electron chi connectivity index (χ3n) is 2.73. The van der Waals surface area contributed by atoms with Crippen molar-refractivity contribution in [2.45, 2.75) is 25.6 Å². The first-order valence-corrected chi connectivity index (χ1v) is 6.56. The molecule has 5 nitrogen and oxygen atoms in total. The minimum atomic E-state index is -1.01. The first kappa shape index (κ1) is 16.2. The number of ketones is 1. The molecule has 20 heavy (non-hydrogen) atoms. The van der Waals surface area contributed by atoms with Crippen LogP contribution in [-0.4, -0.2) is 28.1 Å². The van der Waals surface area contributed by atoms with Crippen molar-refractivity contribution in [3.63, 3.8) is 0 Å². The molecule has 0 aliphatic carbocycles. The molecule has 6 heteroatoms. The summed E-state index contributed by atoms with van der Waals surface area (Å²) < 4.78 is 0. The van der Waals surface area contributed by atoms with E-state index in [4.69, 9.17) is 16.7 Å². The monoisotopic (exact) mass is 297 g/mol. The van der Waals surface area contributed by atoms with Gasteiger partial charge in [0.2, 0.25) is 5.91 Å². The maximum Gasteiger partial charge on any atom is 0.304 e. The average molecular weight is 298 g/mol. The van der Waals surface area contributed by atoms with Crippen molar-refractivity contribution < 1.29 is 19.5 Å². The van der Waals surface area contributed by atoms with Gasteiger partial charge in [-0.15, -0.1) is 11.6 Å². The Hall–Kier alpha value is -1.88. The summed E-state index contributed by atoms with van der Waals surface area (Å²) in [7, 11) is 0. The summed E-state index contributed by atoms with van der Waals surface area (Å²) in [6.45, 7) is 3.13. The van der Waals surface area contributed by atoms with Crippen LogP contribution in [0.5, 0.6) is 0 Å². The van der Waals surface area contributed by atoms with E-state index in [0.29, 0.717) is 11.3 Å². The Morgan fingerprint density at radius 1 is 1.20 bits per heavy atom. The van der Waals surface area contributed by atoms with E-state index in [0.717, 1.165) is 0 Å². The van der Waals surface area contributed by atoms with Crippen molar-refractivity contribution in [1.82, 2.24) is 0 Å². The Morgan fingerprint density at radius 3 is 2.20 bits per heavy atom. The maximum atomic E-state index is 12.0. The third-order valence-corrected chi connectivity index (χ3v) is 2.92. The standard InChI is InChI=1S/C14H16ClNO4/c1-8(7-12(17)18)13(19)10-3-5-11(6-4-10)16-14(20)9(2)15/h3-6,8-9H,7H2,1-2H3,(H,16,20)(H,17,18)/t8-,9+/m1/s1. The molecule has 0 saturated heterocycles. The van der Waals surface area contributed by atoms with Gasteiger partial charge in [0.15, 0.2) is 5.78 Å². The van der Waals surface area contributed by atoms with Crippen LogP contribution < -0.4 is 5.32 Å². The molecule has 0 heterocycles. The number of amides is 1. The molecule has 0 spiro atoms. The Kier molecular flexibility index (Phi) is 5.70. The smallest absolute Gasteiger partial charge is 0.304 e. The fourth-order valence-electron chi connectivity index (χ4n) is 1.60. The molecule has 1 aromatic carbocycles. The zero-order chi connectivity index (χ0) is 15.3. The predicted molar refractivity (Wildman–Crippen MR) is 76.1 cm³/mol. The fourth-order valence-corrected chi connectivity index (χ4v) is 1.65. The van der Waals surface area contributed by atoms with Crippen LogP contribution in [0.25, 0.3) is 0 Å². The van der Waals surface area contributed by atoms with E-state index in [9.17, 15) is 14.4 Å². The van der Waals surface area contributed by atoms with Crippen molar-refractivity contribution in [1.29, 1.82) is 0 Å². The van der Waals surface area contributed by atoms with Crippen LogP contribution in [0.15, 0.2) is 24.3 Å². The van der Waals surface area contributed by atoms with E-state index in [1.165, 1.54) is 0 Å². The molecule has 1 amide bonds. The van der Waals surface area contributed by atoms with Gasteiger partial charge in [0.1, 0.15) is 5.38 Å². The molecule has 0 aliphatic rings. The topological polar surface area (TPSA) is 83.5 Å². The molecule has 1 aromatic rings. The second-order valence-corrected chi connectivity index (χ2v) is 5.20. The number of nitrogens with one attached hydrogen (secondary N) is 1. The molecule has 0 unspecified atom stereocenters. The number of benzene rings is 1. The van der Waals surface area contributed by atoms with Gasteiger partial charge in [-0.2, -0.15) is 0 Å². The van der Waals surface area contributed by atoms with E-state index < -0.39 is 17.3 Å². The summed E-state index contributed by atoms with van der Waals surface area (Å²) in [5.74, 6) is -2.16. The number of alkyl halides is 1. The van der Waals surface area contributed by atoms with Crippen LogP contribution in [-0.2, 0) is 9.59 Å². The van der Waals surface area contributed by atoms with Gasteiger partial charge < -0.3 is 10.4 Å². The number of carboxylic acid groups (broad SMARTS) is 1. The van der Waals surface area contributed by atoms with E-state index >= 15 is 0 Å². The van der Waals surface area contributed by atoms with E-state index in [1.807, 2.05) is 0 Å². The number of Topliss-reactive ketones (excluding diaryl/α,β-unsaturated/α-hetero) is 1. The molecule has 0 bridgehead atoms. The van der Waals surface area contributed by atoms with Crippen LogP contribution in [0.4, 0.5) is 5.69 Å². The van der Waals surface area contributed by atoms with Gasteiger partial charge in [0.05, 0.1) is 6.42 Å². The van der Waals surface area contributed by atoms with Crippen molar-refractivity contribution in [2.24, 2.45) is 5.92 Å². The first-order valence-electron chi connectivity index (χ1n) is 6.12.